The molecule has 1 saturated heterocycles. The van der Waals surface area contributed by atoms with Gasteiger partial charge < -0.3 is 4.90 Å². The quantitative estimate of drug-likeness (QED) is 0.842. The molecule has 2 fully saturated rings. The summed E-state index contributed by atoms with van der Waals surface area (Å²) in [5.41, 5.74) is 0.0727. The number of halogens is 1. The molecule has 0 spiro atoms. The van der Waals surface area contributed by atoms with Crippen LogP contribution >= 0.6 is 0 Å². The van der Waals surface area contributed by atoms with Gasteiger partial charge in [0.2, 0.25) is 5.91 Å². The molecule has 2 aliphatic rings. The van der Waals surface area contributed by atoms with Crippen molar-refractivity contribution in [1.82, 2.24) is 14.5 Å². The van der Waals surface area contributed by atoms with Crippen LogP contribution in [0.4, 0.5) is 4.39 Å². The number of hydrogen-bond acceptors (Lipinski definition) is 3. The number of carbonyl (C=O) groups excluding carboxylic acids is 1. The van der Waals surface area contributed by atoms with E-state index in [1.54, 1.807) is 0 Å². The number of nitrogens with zero attached hydrogens (tertiary/aromatic N) is 3. The molecule has 1 aliphatic heterocycles. The van der Waals surface area contributed by atoms with Crippen molar-refractivity contribution >= 4 is 16.8 Å². The summed E-state index contributed by atoms with van der Waals surface area (Å²) in [6, 6.07) is 3.93. The summed E-state index contributed by atoms with van der Waals surface area (Å²) in [6.45, 7) is 1.54. The van der Waals surface area contributed by atoms with Gasteiger partial charge >= 0.3 is 0 Å². The topological polar surface area (TPSA) is 55.2 Å². The molecule has 1 aliphatic carbocycles. The molecular formula is C19H22FN3O2. The zero-order chi connectivity index (χ0) is 17.4. The lowest BCUT2D eigenvalue weighted by Gasteiger charge is -2.41. The summed E-state index contributed by atoms with van der Waals surface area (Å²) in [7, 11) is 0. The predicted molar refractivity (Wildman–Crippen MR) is 92.6 cm³/mol. The van der Waals surface area contributed by atoms with E-state index in [9.17, 15) is 14.0 Å². The highest BCUT2D eigenvalue weighted by atomic mass is 19.1. The highest BCUT2D eigenvalue weighted by Gasteiger charge is 2.32. The molecule has 6 heteroatoms. The molecule has 0 radical (unpaired) electrons. The molecule has 132 valence electrons. The first-order chi connectivity index (χ1) is 12.1. The summed E-state index contributed by atoms with van der Waals surface area (Å²) in [5, 5.41) is 0.210. The second kappa shape index (κ2) is 6.58. The van der Waals surface area contributed by atoms with Crippen molar-refractivity contribution in [3.63, 3.8) is 0 Å². The van der Waals surface area contributed by atoms with E-state index in [2.05, 4.69) is 4.98 Å². The van der Waals surface area contributed by atoms with Gasteiger partial charge in [-0.15, -0.1) is 0 Å². The molecule has 0 N–H and O–H groups in total. The van der Waals surface area contributed by atoms with Crippen molar-refractivity contribution < 1.29 is 9.18 Å². The summed E-state index contributed by atoms with van der Waals surface area (Å²) < 4.78 is 14.7. The highest BCUT2D eigenvalue weighted by Crippen LogP contribution is 2.36. The van der Waals surface area contributed by atoms with Crippen LogP contribution in [0, 0.1) is 17.7 Å². The number of fused-ring (bicyclic) bond motifs is 2. The third-order valence-electron chi connectivity index (χ3n) is 5.74. The number of amides is 1. The first-order valence-corrected chi connectivity index (χ1v) is 9.04. The van der Waals surface area contributed by atoms with Crippen molar-refractivity contribution in [3.8, 4) is 0 Å². The first-order valence-electron chi connectivity index (χ1n) is 9.04. The maximum atomic E-state index is 13.4. The lowest BCUT2D eigenvalue weighted by molar-refractivity contribution is -0.135. The maximum Gasteiger partial charge on any atom is 0.261 e. The van der Waals surface area contributed by atoms with Crippen LogP contribution in [0.15, 0.2) is 29.3 Å². The van der Waals surface area contributed by atoms with E-state index in [1.165, 1.54) is 54.8 Å². The Balaban J connectivity index is 1.52. The monoisotopic (exact) mass is 343 g/mol. The lowest BCUT2D eigenvalue weighted by Crippen LogP contribution is -2.46. The van der Waals surface area contributed by atoms with Gasteiger partial charge in [-0.1, -0.05) is 19.3 Å². The number of piperidine rings is 1. The zero-order valence-electron chi connectivity index (χ0n) is 14.2. The Kier molecular flexibility index (Phi) is 4.27. The third kappa shape index (κ3) is 3.17. The third-order valence-corrected chi connectivity index (χ3v) is 5.74. The van der Waals surface area contributed by atoms with Gasteiger partial charge in [0.25, 0.3) is 5.56 Å². The molecule has 0 bridgehead atoms. The molecule has 1 amide bonds. The molecule has 2 heterocycles. The fourth-order valence-corrected chi connectivity index (χ4v) is 4.32. The number of likely N-dealkylation sites (tertiary alicyclic amines) is 1. The largest absolute Gasteiger partial charge is 0.341 e. The normalized spacial score (nSPS) is 23.5. The van der Waals surface area contributed by atoms with Crippen molar-refractivity contribution in [2.75, 3.05) is 13.1 Å². The van der Waals surface area contributed by atoms with Gasteiger partial charge in [-0.05, 0) is 42.9 Å². The molecule has 1 saturated carbocycles. The van der Waals surface area contributed by atoms with Gasteiger partial charge in [0.05, 0.1) is 17.2 Å². The molecule has 0 unspecified atom stereocenters. The molecular weight excluding hydrogens is 321 g/mol. The van der Waals surface area contributed by atoms with E-state index in [1.807, 2.05) is 4.90 Å². The second-order valence-electron chi connectivity index (χ2n) is 7.27. The van der Waals surface area contributed by atoms with Crippen molar-refractivity contribution in [2.24, 2.45) is 11.8 Å². The average molecular weight is 343 g/mol. The minimum Gasteiger partial charge on any atom is -0.341 e. The van der Waals surface area contributed by atoms with E-state index in [-0.39, 0.29) is 23.4 Å². The molecule has 5 nitrogen and oxygen atoms in total. The van der Waals surface area contributed by atoms with Crippen LogP contribution < -0.4 is 5.56 Å². The number of aromatic nitrogens is 2. The summed E-state index contributed by atoms with van der Waals surface area (Å²) >= 11 is 0. The minimum absolute atomic E-state index is 0.0321. The van der Waals surface area contributed by atoms with Gasteiger partial charge in [-0.2, -0.15) is 0 Å². The lowest BCUT2D eigenvalue weighted by atomic mass is 9.75. The predicted octanol–water partition coefficient (Wildman–Crippen LogP) is 2.57. The minimum atomic E-state index is -0.477. The van der Waals surface area contributed by atoms with E-state index in [4.69, 9.17) is 0 Å². The Labute approximate surface area is 145 Å². The Morgan fingerprint density at radius 1 is 1.20 bits per heavy atom. The van der Waals surface area contributed by atoms with Crippen LogP contribution in [0.25, 0.3) is 10.9 Å². The Hall–Kier alpha value is -2.24. The smallest absolute Gasteiger partial charge is 0.261 e. The summed E-state index contributed by atoms with van der Waals surface area (Å²) in [5.74, 6) is 0.830. The van der Waals surface area contributed by atoms with Crippen molar-refractivity contribution in [2.45, 2.75) is 38.6 Å². The molecule has 1 aromatic carbocycles. The molecule has 1 aromatic heterocycles. The van der Waals surface area contributed by atoms with Gasteiger partial charge in [-0.25, -0.2) is 9.37 Å². The van der Waals surface area contributed by atoms with Crippen molar-refractivity contribution in [3.05, 3.63) is 40.7 Å². The SMILES string of the molecule is O=C(Cn1cnc2ccc(F)cc2c1=O)N1CC[C@@H]2CCCC[C@@H]2C1. The zero-order valence-corrected chi connectivity index (χ0v) is 14.2. The van der Waals surface area contributed by atoms with E-state index in [0.717, 1.165) is 25.4 Å². The van der Waals surface area contributed by atoms with Crippen LogP contribution in [0.1, 0.15) is 32.1 Å². The first kappa shape index (κ1) is 16.2. The van der Waals surface area contributed by atoms with Crippen LogP contribution in [0.2, 0.25) is 0 Å². The van der Waals surface area contributed by atoms with E-state index >= 15 is 0 Å². The van der Waals surface area contributed by atoms with Crippen molar-refractivity contribution in [1.29, 1.82) is 0 Å². The van der Waals surface area contributed by atoms with Gasteiger partial charge in [0.1, 0.15) is 12.4 Å². The fourth-order valence-electron chi connectivity index (χ4n) is 4.32. The number of hydrogen-bond donors (Lipinski definition) is 0. The van der Waals surface area contributed by atoms with Gasteiger partial charge in [-0.3, -0.25) is 14.2 Å². The van der Waals surface area contributed by atoms with Crippen LogP contribution in [-0.2, 0) is 11.3 Å². The van der Waals surface area contributed by atoms with Gasteiger partial charge in [0, 0.05) is 13.1 Å². The number of rotatable bonds is 2. The second-order valence-corrected chi connectivity index (χ2v) is 7.27. The van der Waals surface area contributed by atoms with Crippen LogP contribution in [0.3, 0.4) is 0 Å². The van der Waals surface area contributed by atoms with Gasteiger partial charge in [0.15, 0.2) is 0 Å². The maximum absolute atomic E-state index is 13.4. The fraction of sp³-hybridized carbons (Fsp3) is 0.526. The van der Waals surface area contributed by atoms with E-state index in [0.29, 0.717) is 11.4 Å². The van der Waals surface area contributed by atoms with Crippen LogP contribution in [0.5, 0.6) is 0 Å². The molecule has 2 atom stereocenters. The Morgan fingerprint density at radius 3 is 2.84 bits per heavy atom. The Morgan fingerprint density at radius 2 is 2.00 bits per heavy atom. The standard InChI is InChI=1S/C19H22FN3O2/c20-15-5-6-17-16(9-15)19(25)23(12-21-17)11-18(24)22-8-7-13-3-1-2-4-14(13)10-22/h5-6,9,12-14H,1-4,7-8,10-11H2/t13-,14+/m0/s1. The van der Waals surface area contributed by atoms with E-state index < -0.39 is 5.82 Å². The molecule has 25 heavy (non-hydrogen) atoms. The number of carbonyl (C=O) groups is 1. The number of benzene rings is 1. The highest BCUT2D eigenvalue weighted by molar-refractivity contribution is 5.79. The summed E-state index contributed by atoms with van der Waals surface area (Å²) in [6.07, 6.45) is 7.49. The average Bonchev–Trinajstić information content (AvgIpc) is 2.64. The molecule has 4 rings (SSSR count). The molecule has 2 aromatic rings. The van der Waals surface area contributed by atoms with Crippen LogP contribution in [-0.4, -0.2) is 33.4 Å². The summed E-state index contributed by atoms with van der Waals surface area (Å²) in [4.78, 5) is 31.2. The Bertz CT molecular complexity index is 863.